The van der Waals surface area contributed by atoms with Gasteiger partial charge in [0, 0.05) is 6.42 Å². The summed E-state index contributed by atoms with van der Waals surface area (Å²) >= 11 is 0. The highest BCUT2D eigenvalue weighted by Crippen LogP contribution is 2.18. The predicted molar refractivity (Wildman–Crippen MR) is 96.1 cm³/mol. The van der Waals surface area contributed by atoms with Crippen LogP contribution in [0.15, 0.2) is 0 Å². The van der Waals surface area contributed by atoms with Crippen LogP contribution in [0.3, 0.4) is 0 Å². The molecule has 0 spiro atoms. The van der Waals surface area contributed by atoms with Crippen molar-refractivity contribution in [2.24, 2.45) is 5.92 Å². The van der Waals surface area contributed by atoms with Crippen molar-refractivity contribution in [2.45, 2.75) is 110 Å². The molecule has 0 saturated carbocycles. The van der Waals surface area contributed by atoms with Gasteiger partial charge in [0.25, 0.3) is 0 Å². The molecule has 2 nitrogen and oxygen atoms in total. The van der Waals surface area contributed by atoms with Crippen molar-refractivity contribution in [3.8, 4) is 0 Å². The molecule has 0 fully saturated rings. The van der Waals surface area contributed by atoms with Gasteiger partial charge in [0.15, 0.2) is 0 Å². The molecule has 0 N–H and O–H groups in total. The molecule has 0 aliphatic carbocycles. The average Bonchev–Trinajstić information content (AvgIpc) is 2.52. The molecular formula is C20H40O2. The largest absolute Gasteiger partial charge is 0.469 e. The van der Waals surface area contributed by atoms with Crippen molar-refractivity contribution < 1.29 is 9.53 Å². The Labute approximate surface area is 139 Å². The summed E-state index contributed by atoms with van der Waals surface area (Å²) in [4.78, 5) is 11.0. The summed E-state index contributed by atoms with van der Waals surface area (Å²) in [6.07, 6.45) is 19.4. The molecule has 132 valence electrons. The average molecular weight is 313 g/mol. The van der Waals surface area contributed by atoms with Crippen molar-refractivity contribution in [1.29, 1.82) is 0 Å². The van der Waals surface area contributed by atoms with Gasteiger partial charge in [0.1, 0.15) is 0 Å². The van der Waals surface area contributed by atoms with Crippen LogP contribution in [0, 0.1) is 5.92 Å². The number of methoxy groups -OCH3 is 1. The summed E-state index contributed by atoms with van der Waals surface area (Å²) in [5.74, 6) is 0.828. The van der Waals surface area contributed by atoms with Gasteiger partial charge in [-0.1, -0.05) is 97.3 Å². The smallest absolute Gasteiger partial charge is 0.305 e. The molecule has 0 aromatic carbocycles. The number of carbonyl (C=O) groups excluding carboxylic acids is 1. The first-order valence-electron chi connectivity index (χ1n) is 9.77. The molecule has 1 atom stereocenters. The van der Waals surface area contributed by atoms with Crippen LogP contribution in [-0.4, -0.2) is 13.1 Å². The second-order valence-corrected chi connectivity index (χ2v) is 6.90. The minimum absolute atomic E-state index is 0.0664. The van der Waals surface area contributed by atoms with Crippen LogP contribution in [-0.2, 0) is 9.53 Å². The third-order valence-corrected chi connectivity index (χ3v) is 4.61. The summed E-state index contributed by atoms with van der Waals surface area (Å²) < 4.78 is 4.64. The summed E-state index contributed by atoms with van der Waals surface area (Å²) in [5, 5.41) is 0. The molecule has 1 unspecified atom stereocenters. The van der Waals surface area contributed by atoms with E-state index in [-0.39, 0.29) is 5.97 Å². The maximum atomic E-state index is 11.0. The molecule has 0 heterocycles. The van der Waals surface area contributed by atoms with E-state index in [1.807, 2.05) is 0 Å². The van der Waals surface area contributed by atoms with Gasteiger partial charge in [-0.2, -0.15) is 0 Å². The van der Waals surface area contributed by atoms with Crippen molar-refractivity contribution in [1.82, 2.24) is 0 Å². The van der Waals surface area contributed by atoms with Crippen LogP contribution >= 0.6 is 0 Å². The summed E-state index contributed by atoms with van der Waals surface area (Å²) in [6.45, 7) is 4.69. The van der Waals surface area contributed by atoms with Crippen LogP contribution in [0.25, 0.3) is 0 Å². The zero-order chi connectivity index (χ0) is 16.5. The lowest BCUT2D eigenvalue weighted by molar-refractivity contribution is -0.140. The van der Waals surface area contributed by atoms with E-state index >= 15 is 0 Å². The first kappa shape index (κ1) is 21.5. The van der Waals surface area contributed by atoms with Crippen LogP contribution in [0.1, 0.15) is 110 Å². The molecule has 0 aliphatic rings. The fourth-order valence-corrected chi connectivity index (χ4v) is 2.99. The molecule has 0 aliphatic heterocycles. The molecule has 0 amide bonds. The lowest BCUT2D eigenvalue weighted by Crippen LogP contribution is -1.99. The number of esters is 1. The Morgan fingerprint density at radius 3 is 1.73 bits per heavy atom. The minimum atomic E-state index is -0.0664. The van der Waals surface area contributed by atoms with Crippen LogP contribution < -0.4 is 0 Å². The number of ether oxygens (including phenoxy) is 1. The van der Waals surface area contributed by atoms with E-state index in [0.29, 0.717) is 6.42 Å². The third kappa shape index (κ3) is 15.9. The van der Waals surface area contributed by atoms with Gasteiger partial charge in [-0.3, -0.25) is 4.79 Å². The Morgan fingerprint density at radius 2 is 1.23 bits per heavy atom. The Morgan fingerprint density at radius 1 is 0.773 bits per heavy atom. The Bertz CT molecular complexity index is 238. The Kier molecular flexibility index (Phi) is 16.4. The van der Waals surface area contributed by atoms with E-state index in [1.165, 1.54) is 90.6 Å². The van der Waals surface area contributed by atoms with E-state index in [2.05, 4.69) is 18.6 Å². The number of hydrogen-bond donors (Lipinski definition) is 0. The molecule has 0 saturated heterocycles. The number of carbonyl (C=O) groups is 1. The fourth-order valence-electron chi connectivity index (χ4n) is 2.99. The molecule has 0 radical (unpaired) electrons. The topological polar surface area (TPSA) is 26.3 Å². The quantitative estimate of drug-likeness (QED) is 0.235. The summed E-state index contributed by atoms with van der Waals surface area (Å²) in [5.41, 5.74) is 0. The zero-order valence-electron chi connectivity index (χ0n) is 15.5. The minimum Gasteiger partial charge on any atom is -0.469 e. The van der Waals surface area contributed by atoms with Gasteiger partial charge in [-0.15, -0.1) is 0 Å². The van der Waals surface area contributed by atoms with Gasteiger partial charge in [-0.05, 0) is 12.3 Å². The maximum absolute atomic E-state index is 11.0. The number of unbranched alkanes of at least 4 members (excludes halogenated alkanes) is 10. The lowest BCUT2D eigenvalue weighted by Gasteiger charge is -2.11. The molecule has 0 rings (SSSR count). The normalized spacial score (nSPS) is 12.3. The van der Waals surface area contributed by atoms with Crippen molar-refractivity contribution >= 4 is 5.97 Å². The second-order valence-electron chi connectivity index (χ2n) is 6.90. The highest BCUT2D eigenvalue weighted by Gasteiger charge is 2.03. The first-order valence-corrected chi connectivity index (χ1v) is 9.77. The van der Waals surface area contributed by atoms with Gasteiger partial charge >= 0.3 is 5.97 Å². The first-order chi connectivity index (χ1) is 10.7. The summed E-state index contributed by atoms with van der Waals surface area (Å²) in [7, 11) is 1.47. The third-order valence-electron chi connectivity index (χ3n) is 4.61. The molecule has 0 aromatic heterocycles. The van der Waals surface area contributed by atoms with E-state index in [4.69, 9.17) is 0 Å². The maximum Gasteiger partial charge on any atom is 0.305 e. The van der Waals surface area contributed by atoms with E-state index in [0.717, 1.165) is 12.3 Å². The predicted octanol–water partition coefficient (Wildman–Crippen LogP) is 6.67. The van der Waals surface area contributed by atoms with E-state index in [9.17, 15) is 4.79 Å². The highest BCUT2D eigenvalue weighted by atomic mass is 16.5. The fraction of sp³-hybridized carbons (Fsp3) is 0.950. The highest BCUT2D eigenvalue weighted by molar-refractivity contribution is 5.68. The van der Waals surface area contributed by atoms with Gasteiger partial charge in [-0.25, -0.2) is 0 Å². The van der Waals surface area contributed by atoms with Crippen molar-refractivity contribution in [2.75, 3.05) is 7.11 Å². The molecular weight excluding hydrogens is 272 g/mol. The van der Waals surface area contributed by atoms with Crippen LogP contribution in [0.2, 0.25) is 0 Å². The standard InChI is InChI=1S/C20H40O2/c1-4-5-6-7-8-10-13-16-19(2)17-14-11-9-12-15-18-20(21)22-3/h19H,4-18H2,1-3H3. The zero-order valence-corrected chi connectivity index (χ0v) is 15.5. The van der Waals surface area contributed by atoms with Crippen LogP contribution in [0.5, 0.6) is 0 Å². The second kappa shape index (κ2) is 16.8. The Balaban J connectivity index is 3.19. The van der Waals surface area contributed by atoms with Crippen LogP contribution in [0.4, 0.5) is 0 Å². The SMILES string of the molecule is CCCCCCCCCC(C)CCCCCCCC(=O)OC. The Hall–Kier alpha value is -0.530. The molecule has 2 heteroatoms. The van der Waals surface area contributed by atoms with Gasteiger partial charge < -0.3 is 4.74 Å². The molecule has 22 heavy (non-hydrogen) atoms. The monoisotopic (exact) mass is 312 g/mol. The summed E-state index contributed by atoms with van der Waals surface area (Å²) in [6, 6.07) is 0. The lowest BCUT2D eigenvalue weighted by atomic mass is 9.96. The van der Waals surface area contributed by atoms with E-state index < -0.39 is 0 Å². The van der Waals surface area contributed by atoms with Crippen molar-refractivity contribution in [3.05, 3.63) is 0 Å². The number of hydrogen-bond acceptors (Lipinski definition) is 2. The van der Waals surface area contributed by atoms with Crippen molar-refractivity contribution in [3.63, 3.8) is 0 Å². The number of rotatable bonds is 16. The van der Waals surface area contributed by atoms with Gasteiger partial charge in [0.05, 0.1) is 7.11 Å². The molecule has 0 aromatic rings. The van der Waals surface area contributed by atoms with E-state index in [1.54, 1.807) is 0 Å². The van der Waals surface area contributed by atoms with Gasteiger partial charge in [0.2, 0.25) is 0 Å². The molecule has 0 bridgehead atoms.